The van der Waals surface area contributed by atoms with Gasteiger partial charge in [0, 0.05) is 26.2 Å². The van der Waals surface area contributed by atoms with Crippen molar-refractivity contribution in [1.82, 2.24) is 9.21 Å². The fourth-order valence-corrected chi connectivity index (χ4v) is 5.39. The van der Waals surface area contributed by atoms with E-state index in [9.17, 15) is 13.2 Å². The quantitative estimate of drug-likeness (QED) is 0.796. The average Bonchev–Trinajstić information content (AvgIpc) is 3.15. The maximum absolute atomic E-state index is 12.9. The molecule has 6 nitrogen and oxygen atoms in total. The van der Waals surface area contributed by atoms with Gasteiger partial charge in [0.05, 0.1) is 22.9 Å². The van der Waals surface area contributed by atoms with Gasteiger partial charge in [-0.3, -0.25) is 4.79 Å². The highest BCUT2D eigenvalue weighted by atomic mass is 35.5. The molecule has 1 amide bonds. The molecule has 1 aromatic rings. The minimum absolute atomic E-state index is 0.0881. The van der Waals surface area contributed by atoms with Crippen LogP contribution in [0.4, 0.5) is 0 Å². The van der Waals surface area contributed by atoms with E-state index in [0.717, 1.165) is 32.4 Å². The zero-order valence-corrected chi connectivity index (χ0v) is 15.9. The van der Waals surface area contributed by atoms with Gasteiger partial charge in [-0.2, -0.15) is 4.31 Å². The van der Waals surface area contributed by atoms with Crippen LogP contribution in [-0.4, -0.2) is 56.8 Å². The number of carbonyl (C=O) groups excluding carboxylic acids is 1. The minimum Gasteiger partial charge on any atom is -0.495 e. The lowest BCUT2D eigenvalue weighted by atomic mass is 9.98. The molecule has 2 saturated heterocycles. The number of amides is 1. The average molecular weight is 387 g/mol. The number of halogens is 1. The highest BCUT2D eigenvalue weighted by Gasteiger charge is 2.35. The Hall–Kier alpha value is -1.31. The molecule has 138 valence electrons. The standard InChI is InChI=1S/C17H23ClN2O4S/c1-24-16-7-6-14(11-15(16)18)25(22,23)20-10-4-5-13(12-20)17(21)19-8-2-3-9-19/h6-7,11,13H,2-5,8-10,12H2,1H3/t13-/m1/s1. The SMILES string of the molecule is COc1ccc(S(=O)(=O)N2CCC[C@@H](C(=O)N3CCCC3)C2)cc1Cl. The van der Waals surface area contributed by atoms with Crippen LogP contribution in [-0.2, 0) is 14.8 Å². The van der Waals surface area contributed by atoms with Gasteiger partial charge in [-0.25, -0.2) is 8.42 Å². The smallest absolute Gasteiger partial charge is 0.243 e. The van der Waals surface area contributed by atoms with E-state index >= 15 is 0 Å². The predicted octanol–water partition coefficient (Wildman–Crippen LogP) is 2.37. The maximum atomic E-state index is 12.9. The van der Waals surface area contributed by atoms with Crippen molar-refractivity contribution < 1.29 is 17.9 Å². The minimum atomic E-state index is -3.68. The number of benzene rings is 1. The summed E-state index contributed by atoms with van der Waals surface area (Å²) in [5, 5.41) is 0.255. The van der Waals surface area contributed by atoms with Crippen molar-refractivity contribution in [1.29, 1.82) is 0 Å². The van der Waals surface area contributed by atoms with E-state index in [1.54, 1.807) is 6.07 Å². The Morgan fingerprint density at radius 3 is 2.56 bits per heavy atom. The third-order valence-corrected chi connectivity index (χ3v) is 7.07. The molecule has 2 aliphatic rings. The number of ether oxygens (including phenoxy) is 1. The van der Waals surface area contributed by atoms with Crippen molar-refractivity contribution in [3.63, 3.8) is 0 Å². The molecule has 25 heavy (non-hydrogen) atoms. The van der Waals surface area contributed by atoms with Gasteiger partial charge in [0.25, 0.3) is 0 Å². The molecule has 1 aromatic carbocycles. The number of methoxy groups -OCH3 is 1. The van der Waals surface area contributed by atoms with E-state index < -0.39 is 10.0 Å². The van der Waals surface area contributed by atoms with E-state index in [1.165, 1.54) is 23.5 Å². The van der Waals surface area contributed by atoms with Gasteiger partial charge in [0.1, 0.15) is 5.75 Å². The number of hydrogen-bond donors (Lipinski definition) is 0. The van der Waals surface area contributed by atoms with Crippen LogP contribution in [0.5, 0.6) is 5.75 Å². The Balaban J connectivity index is 1.77. The van der Waals surface area contributed by atoms with E-state index in [0.29, 0.717) is 18.7 Å². The number of hydrogen-bond acceptors (Lipinski definition) is 4. The van der Waals surface area contributed by atoms with Gasteiger partial charge in [-0.15, -0.1) is 0 Å². The molecule has 0 aliphatic carbocycles. The molecule has 0 N–H and O–H groups in total. The van der Waals surface area contributed by atoms with E-state index in [-0.39, 0.29) is 28.3 Å². The van der Waals surface area contributed by atoms with Gasteiger partial charge in [0.2, 0.25) is 15.9 Å². The third-order valence-electron chi connectivity index (χ3n) is 4.91. The first-order chi connectivity index (χ1) is 11.9. The normalized spacial score (nSPS) is 22.2. The number of likely N-dealkylation sites (tertiary alicyclic amines) is 1. The third kappa shape index (κ3) is 3.78. The molecule has 2 fully saturated rings. The molecular weight excluding hydrogens is 364 g/mol. The van der Waals surface area contributed by atoms with Crippen molar-refractivity contribution in [2.45, 2.75) is 30.6 Å². The van der Waals surface area contributed by atoms with Gasteiger partial charge in [-0.1, -0.05) is 11.6 Å². The fourth-order valence-electron chi connectivity index (χ4n) is 3.51. The lowest BCUT2D eigenvalue weighted by Gasteiger charge is -2.33. The Morgan fingerprint density at radius 1 is 1.20 bits per heavy atom. The van der Waals surface area contributed by atoms with E-state index in [1.807, 2.05) is 4.90 Å². The second-order valence-corrected chi connectivity index (χ2v) is 8.88. The molecule has 0 saturated carbocycles. The zero-order chi connectivity index (χ0) is 18.0. The summed E-state index contributed by atoms with van der Waals surface area (Å²) in [4.78, 5) is 14.6. The number of rotatable bonds is 4. The summed E-state index contributed by atoms with van der Waals surface area (Å²) in [6, 6.07) is 4.44. The predicted molar refractivity (Wildman–Crippen MR) is 95.3 cm³/mol. The van der Waals surface area contributed by atoms with Crippen LogP contribution in [0.3, 0.4) is 0 Å². The topological polar surface area (TPSA) is 66.9 Å². The molecule has 8 heteroatoms. The van der Waals surface area contributed by atoms with E-state index in [4.69, 9.17) is 16.3 Å². The first-order valence-electron chi connectivity index (χ1n) is 8.56. The second-order valence-electron chi connectivity index (χ2n) is 6.53. The number of carbonyl (C=O) groups is 1. The largest absolute Gasteiger partial charge is 0.495 e. The van der Waals surface area contributed by atoms with Crippen LogP contribution in [0.25, 0.3) is 0 Å². The van der Waals surface area contributed by atoms with E-state index in [2.05, 4.69) is 0 Å². The van der Waals surface area contributed by atoms with Crippen molar-refractivity contribution in [3.8, 4) is 5.75 Å². The van der Waals surface area contributed by atoms with Crippen LogP contribution < -0.4 is 4.74 Å². The summed E-state index contributed by atoms with van der Waals surface area (Å²) in [5.41, 5.74) is 0. The molecule has 0 spiro atoms. The first-order valence-corrected chi connectivity index (χ1v) is 10.4. The maximum Gasteiger partial charge on any atom is 0.243 e. The summed E-state index contributed by atoms with van der Waals surface area (Å²) in [6.45, 7) is 2.24. The Bertz CT molecular complexity index is 747. The lowest BCUT2D eigenvalue weighted by molar-refractivity contribution is -0.135. The molecule has 3 rings (SSSR count). The molecule has 0 aromatic heterocycles. The molecule has 2 heterocycles. The van der Waals surface area contributed by atoms with Crippen LogP contribution in [0.1, 0.15) is 25.7 Å². The monoisotopic (exact) mass is 386 g/mol. The number of piperidine rings is 1. The second kappa shape index (κ2) is 7.51. The van der Waals surface area contributed by atoms with Crippen LogP contribution in [0, 0.1) is 5.92 Å². The summed E-state index contributed by atoms with van der Waals surface area (Å²) in [6.07, 6.45) is 3.49. The molecule has 0 unspecified atom stereocenters. The summed E-state index contributed by atoms with van der Waals surface area (Å²) in [5.74, 6) is 0.266. The molecule has 2 aliphatic heterocycles. The fraction of sp³-hybridized carbons (Fsp3) is 0.588. The molecule has 0 radical (unpaired) electrons. The van der Waals surface area contributed by atoms with Crippen molar-refractivity contribution in [2.24, 2.45) is 5.92 Å². The van der Waals surface area contributed by atoms with Crippen LogP contribution in [0.2, 0.25) is 5.02 Å². The van der Waals surface area contributed by atoms with Gasteiger partial charge >= 0.3 is 0 Å². The Labute approximate surface area is 153 Å². The highest BCUT2D eigenvalue weighted by Crippen LogP contribution is 2.30. The highest BCUT2D eigenvalue weighted by molar-refractivity contribution is 7.89. The van der Waals surface area contributed by atoms with Crippen molar-refractivity contribution >= 4 is 27.5 Å². The lowest BCUT2D eigenvalue weighted by Crippen LogP contribution is -2.46. The van der Waals surface area contributed by atoms with Crippen molar-refractivity contribution in [2.75, 3.05) is 33.3 Å². The number of sulfonamides is 1. The van der Waals surface area contributed by atoms with Crippen LogP contribution >= 0.6 is 11.6 Å². The molecule has 0 bridgehead atoms. The summed E-state index contributed by atoms with van der Waals surface area (Å²) < 4.78 is 32.3. The van der Waals surface area contributed by atoms with Gasteiger partial charge in [0.15, 0.2) is 0 Å². The van der Waals surface area contributed by atoms with Crippen molar-refractivity contribution in [3.05, 3.63) is 23.2 Å². The molecule has 1 atom stereocenters. The van der Waals surface area contributed by atoms with Crippen LogP contribution in [0.15, 0.2) is 23.1 Å². The number of nitrogens with zero attached hydrogens (tertiary/aromatic N) is 2. The molecular formula is C17H23ClN2O4S. The zero-order valence-electron chi connectivity index (χ0n) is 14.3. The van der Waals surface area contributed by atoms with Gasteiger partial charge in [-0.05, 0) is 43.9 Å². The van der Waals surface area contributed by atoms with Gasteiger partial charge < -0.3 is 9.64 Å². The first kappa shape index (κ1) is 18.5. The summed E-state index contributed by atoms with van der Waals surface area (Å²) >= 11 is 6.07. The summed E-state index contributed by atoms with van der Waals surface area (Å²) in [7, 11) is -2.20. The Morgan fingerprint density at radius 2 is 1.92 bits per heavy atom. The Kier molecular flexibility index (Phi) is 5.55.